The third-order valence-corrected chi connectivity index (χ3v) is 3.71. The summed E-state index contributed by atoms with van der Waals surface area (Å²) in [7, 11) is 1.47. The minimum atomic E-state index is -0.516. The van der Waals surface area contributed by atoms with Gasteiger partial charge in [0.25, 0.3) is 5.91 Å². The number of methoxy groups -OCH3 is 1. The predicted molar refractivity (Wildman–Crippen MR) is 98.6 cm³/mol. The van der Waals surface area contributed by atoms with Crippen molar-refractivity contribution in [1.82, 2.24) is 9.97 Å². The fourth-order valence-electron chi connectivity index (χ4n) is 2.10. The summed E-state index contributed by atoms with van der Waals surface area (Å²) in [4.78, 5) is 19.8. The Morgan fingerprint density at radius 3 is 2.67 bits per heavy atom. The average molecular weight is 386 g/mol. The smallest absolute Gasteiger partial charge is 0.274 e. The fourth-order valence-corrected chi connectivity index (χ4v) is 2.26. The number of aromatic nitrogens is 2. The van der Waals surface area contributed by atoms with E-state index in [1.54, 1.807) is 30.5 Å². The van der Waals surface area contributed by atoms with E-state index in [-0.39, 0.29) is 5.69 Å². The molecule has 3 rings (SSSR count). The van der Waals surface area contributed by atoms with Crippen molar-refractivity contribution in [3.8, 4) is 5.75 Å². The number of nitrogens with zero attached hydrogens (tertiary/aromatic N) is 4. The maximum atomic E-state index is 12.9. The lowest BCUT2D eigenvalue weighted by molar-refractivity contribution is 0.102. The zero-order chi connectivity index (χ0) is 19.2. The van der Waals surface area contributed by atoms with Gasteiger partial charge in [-0.15, -0.1) is 10.2 Å². The summed E-state index contributed by atoms with van der Waals surface area (Å²) in [5.74, 6) is -0.596. The van der Waals surface area contributed by atoms with E-state index >= 15 is 0 Å². The lowest BCUT2D eigenvalue weighted by Crippen LogP contribution is -2.13. The Morgan fingerprint density at radius 2 is 1.96 bits per heavy atom. The summed E-state index contributed by atoms with van der Waals surface area (Å²) < 4.78 is 18.2. The topological polar surface area (TPSA) is 88.8 Å². The van der Waals surface area contributed by atoms with Crippen LogP contribution in [0.5, 0.6) is 5.75 Å². The summed E-state index contributed by atoms with van der Waals surface area (Å²) in [6, 6.07) is 8.93. The number of anilines is 1. The number of hydrogen-bond acceptors (Lipinski definition) is 6. The van der Waals surface area contributed by atoms with Crippen molar-refractivity contribution >= 4 is 34.6 Å². The quantitative estimate of drug-likeness (QED) is 0.629. The Bertz CT molecular complexity index is 995. The molecule has 0 radical (unpaired) electrons. The first kappa shape index (κ1) is 18.4. The standard InChI is InChI=1S/C18H13ClFN5O2/c1-27-17-8-12(23-18(26)16-4-2-11(20)9-22-16)3-5-15(17)25-24-14-6-7-21-10-13(14)19/h2-10H,1H3,(H,23,26)/b25-24-. The van der Waals surface area contributed by atoms with E-state index < -0.39 is 11.7 Å². The van der Waals surface area contributed by atoms with Gasteiger partial charge >= 0.3 is 0 Å². The molecule has 7 nitrogen and oxygen atoms in total. The van der Waals surface area contributed by atoms with Crippen molar-refractivity contribution < 1.29 is 13.9 Å². The predicted octanol–water partition coefficient (Wildman–Crippen LogP) is 4.95. The van der Waals surface area contributed by atoms with Crippen LogP contribution in [0.4, 0.5) is 21.5 Å². The van der Waals surface area contributed by atoms with E-state index in [1.165, 1.54) is 19.4 Å². The van der Waals surface area contributed by atoms with E-state index in [1.807, 2.05) is 0 Å². The van der Waals surface area contributed by atoms with Gasteiger partial charge in [0.15, 0.2) is 0 Å². The number of rotatable bonds is 5. The normalized spacial score (nSPS) is 10.8. The molecule has 2 aromatic heterocycles. The molecule has 0 saturated heterocycles. The molecule has 3 aromatic rings. The zero-order valence-corrected chi connectivity index (χ0v) is 14.8. The van der Waals surface area contributed by atoms with E-state index in [4.69, 9.17) is 16.3 Å². The molecule has 2 heterocycles. The van der Waals surface area contributed by atoms with Gasteiger partial charge in [0.1, 0.15) is 28.6 Å². The molecule has 0 bridgehead atoms. The molecule has 0 fully saturated rings. The summed E-state index contributed by atoms with van der Waals surface area (Å²) in [6.45, 7) is 0. The molecule has 0 aliphatic heterocycles. The molecule has 0 aliphatic rings. The summed E-state index contributed by atoms with van der Waals surface area (Å²) in [5.41, 5.74) is 1.46. The lowest BCUT2D eigenvalue weighted by atomic mass is 10.2. The van der Waals surface area contributed by atoms with Crippen LogP contribution >= 0.6 is 11.6 Å². The van der Waals surface area contributed by atoms with Crippen molar-refractivity contribution in [1.29, 1.82) is 0 Å². The van der Waals surface area contributed by atoms with E-state index in [0.29, 0.717) is 27.8 Å². The second-order valence-electron chi connectivity index (χ2n) is 5.23. The van der Waals surface area contributed by atoms with Gasteiger partial charge in [-0.2, -0.15) is 0 Å². The molecule has 1 amide bonds. The van der Waals surface area contributed by atoms with Gasteiger partial charge in [-0.3, -0.25) is 9.78 Å². The largest absolute Gasteiger partial charge is 0.494 e. The highest BCUT2D eigenvalue weighted by Gasteiger charge is 2.10. The molecule has 136 valence electrons. The first-order valence-electron chi connectivity index (χ1n) is 7.69. The monoisotopic (exact) mass is 385 g/mol. The molecule has 1 aromatic carbocycles. The third kappa shape index (κ3) is 4.62. The molecule has 0 atom stereocenters. The maximum Gasteiger partial charge on any atom is 0.274 e. The molecule has 0 aliphatic carbocycles. The third-order valence-electron chi connectivity index (χ3n) is 3.41. The first-order chi connectivity index (χ1) is 13.1. The summed E-state index contributed by atoms with van der Waals surface area (Å²) in [6.07, 6.45) is 4.00. The van der Waals surface area contributed by atoms with Crippen LogP contribution < -0.4 is 10.1 Å². The van der Waals surface area contributed by atoms with Crippen molar-refractivity contribution in [2.45, 2.75) is 0 Å². The van der Waals surface area contributed by atoms with E-state index in [2.05, 4.69) is 25.5 Å². The van der Waals surface area contributed by atoms with Gasteiger partial charge in [-0.25, -0.2) is 9.37 Å². The Morgan fingerprint density at radius 1 is 1.15 bits per heavy atom. The Kier molecular flexibility index (Phi) is 5.68. The van der Waals surface area contributed by atoms with Crippen molar-refractivity contribution in [3.05, 3.63) is 71.5 Å². The highest BCUT2D eigenvalue weighted by Crippen LogP contribution is 2.33. The molecule has 0 spiro atoms. The fraction of sp³-hybridized carbons (Fsp3) is 0.0556. The van der Waals surface area contributed by atoms with Gasteiger partial charge in [0.05, 0.1) is 18.3 Å². The second-order valence-corrected chi connectivity index (χ2v) is 5.64. The van der Waals surface area contributed by atoms with Crippen LogP contribution in [-0.2, 0) is 0 Å². The summed E-state index contributed by atoms with van der Waals surface area (Å²) >= 11 is 5.99. The number of benzene rings is 1. The SMILES string of the molecule is COc1cc(NC(=O)c2ccc(F)cn2)ccc1/N=N\c1ccncc1Cl. The van der Waals surface area contributed by atoms with Crippen molar-refractivity contribution in [2.75, 3.05) is 12.4 Å². The Hall–Kier alpha value is -3.39. The van der Waals surface area contributed by atoms with Gasteiger partial charge in [0, 0.05) is 24.1 Å². The zero-order valence-electron chi connectivity index (χ0n) is 14.1. The number of halogens is 2. The Labute approximate surface area is 158 Å². The molecular weight excluding hydrogens is 373 g/mol. The lowest BCUT2D eigenvalue weighted by Gasteiger charge is -2.08. The molecule has 0 saturated carbocycles. The van der Waals surface area contributed by atoms with E-state index in [9.17, 15) is 9.18 Å². The van der Waals surface area contributed by atoms with Crippen molar-refractivity contribution in [3.63, 3.8) is 0 Å². The average Bonchev–Trinajstić information content (AvgIpc) is 2.68. The number of nitrogens with one attached hydrogen (secondary N) is 1. The summed E-state index contributed by atoms with van der Waals surface area (Å²) in [5, 5.41) is 11.2. The van der Waals surface area contributed by atoms with Crippen LogP contribution in [0.2, 0.25) is 5.02 Å². The van der Waals surface area contributed by atoms with Crippen LogP contribution in [0.3, 0.4) is 0 Å². The molecule has 27 heavy (non-hydrogen) atoms. The number of carbonyl (C=O) groups excluding carboxylic acids is 1. The molecule has 9 heteroatoms. The van der Waals surface area contributed by atoms with Crippen LogP contribution in [0.15, 0.2) is 65.2 Å². The van der Waals surface area contributed by atoms with E-state index in [0.717, 1.165) is 12.3 Å². The van der Waals surface area contributed by atoms with Crippen LogP contribution in [0.1, 0.15) is 10.5 Å². The minimum Gasteiger partial charge on any atom is -0.494 e. The highest BCUT2D eigenvalue weighted by atomic mass is 35.5. The number of azo groups is 1. The van der Waals surface area contributed by atoms with Gasteiger partial charge in [0.2, 0.25) is 0 Å². The van der Waals surface area contributed by atoms with Gasteiger partial charge < -0.3 is 10.1 Å². The van der Waals surface area contributed by atoms with Crippen LogP contribution in [0.25, 0.3) is 0 Å². The van der Waals surface area contributed by atoms with Crippen molar-refractivity contribution in [2.24, 2.45) is 10.2 Å². The minimum absolute atomic E-state index is 0.0893. The highest BCUT2D eigenvalue weighted by molar-refractivity contribution is 6.32. The molecular formula is C18H13ClFN5O2. The maximum absolute atomic E-state index is 12.9. The number of carbonyl (C=O) groups is 1. The van der Waals surface area contributed by atoms with Gasteiger partial charge in [-0.1, -0.05) is 11.6 Å². The second kappa shape index (κ2) is 8.33. The number of ether oxygens (including phenoxy) is 1. The molecule has 0 unspecified atom stereocenters. The first-order valence-corrected chi connectivity index (χ1v) is 8.07. The Balaban J connectivity index is 1.79. The molecule has 1 N–H and O–H groups in total. The van der Waals surface area contributed by atoms with Crippen LogP contribution in [-0.4, -0.2) is 23.0 Å². The number of pyridine rings is 2. The van der Waals surface area contributed by atoms with Gasteiger partial charge in [-0.05, 0) is 30.3 Å². The number of amides is 1. The number of hydrogen-bond donors (Lipinski definition) is 1. The van der Waals surface area contributed by atoms with Crippen LogP contribution in [0, 0.1) is 5.82 Å².